The van der Waals surface area contributed by atoms with Crippen LogP contribution >= 0.6 is 0 Å². The molecule has 3 amide bonds. The number of nitrogens with zero attached hydrogens (tertiary/aromatic N) is 2. The standard InChI is InChI=1S/C13H16N3O4S/c1-9-4-6-10(7-5-9)14-21(19,20)11-8-15(2)13(18)16(3)12(11)17/h4-8,11,14H,1-3H3/q+1. The third-order valence-electron chi connectivity index (χ3n) is 3.17. The van der Waals surface area contributed by atoms with Crippen LogP contribution in [-0.2, 0) is 14.8 Å². The molecule has 21 heavy (non-hydrogen) atoms. The van der Waals surface area contributed by atoms with Crippen LogP contribution < -0.4 is 4.72 Å². The first kappa shape index (κ1) is 15.2. The van der Waals surface area contributed by atoms with Crippen LogP contribution in [0.1, 0.15) is 5.56 Å². The van der Waals surface area contributed by atoms with Gasteiger partial charge in [0.2, 0.25) is 5.25 Å². The predicted octanol–water partition coefficient (Wildman–Crippen LogP) is 0.410. The number of rotatable bonds is 3. The Morgan fingerprint density at radius 2 is 1.76 bits per heavy atom. The van der Waals surface area contributed by atoms with Crippen molar-refractivity contribution >= 4 is 33.9 Å². The monoisotopic (exact) mass is 310 g/mol. The van der Waals surface area contributed by atoms with Gasteiger partial charge in [0, 0.05) is 5.69 Å². The van der Waals surface area contributed by atoms with E-state index >= 15 is 0 Å². The molecule has 112 valence electrons. The minimum absolute atomic E-state index is 0.365. The van der Waals surface area contributed by atoms with E-state index in [2.05, 4.69) is 4.72 Å². The van der Waals surface area contributed by atoms with Crippen molar-refractivity contribution in [3.05, 3.63) is 29.8 Å². The second kappa shape index (κ2) is 5.28. The summed E-state index contributed by atoms with van der Waals surface area (Å²) in [5.74, 6) is -0.780. The Hall–Kier alpha value is -2.22. The van der Waals surface area contributed by atoms with E-state index in [9.17, 15) is 18.0 Å². The van der Waals surface area contributed by atoms with Crippen LogP contribution in [0.4, 0.5) is 10.5 Å². The molecule has 7 nitrogen and oxygen atoms in total. The summed E-state index contributed by atoms with van der Waals surface area (Å²) in [6.45, 7) is 1.88. The number of amides is 3. The van der Waals surface area contributed by atoms with Crippen LogP contribution in [0.5, 0.6) is 0 Å². The number of sulfonamides is 1. The second-order valence-corrected chi connectivity index (χ2v) is 6.68. The summed E-state index contributed by atoms with van der Waals surface area (Å²) in [6, 6.07) is 6.16. The van der Waals surface area contributed by atoms with Crippen LogP contribution in [0.2, 0.25) is 0 Å². The number of aryl methyl sites for hydroxylation is 1. The molecule has 0 saturated heterocycles. The maximum atomic E-state index is 12.3. The molecule has 0 bridgehead atoms. The van der Waals surface area contributed by atoms with Gasteiger partial charge < -0.3 is 0 Å². The van der Waals surface area contributed by atoms with E-state index in [-0.39, 0.29) is 0 Å². The molecule has 0 spiro atoms. The third-order valence-corrected chi connectivity index (χ3v) is 4.68. The van der Waals surface area contributed by atoms with Gasteiger partial charge in [0.1, 0.15) is 6.21 Å². The highest BCUT2D eigenvalue weighted by atomic mass is 32.2. The van der Waals surface area contributed by atoms with Crippen molar-refractivity contribution in [2.75, 3.05) is 18.8 Å². The van der Waals surface area contributed by atoms with E-state index in [1.807, 2.05) is 6.92 Å². The van der Waals surface area contributed by atoms with Gasteiger partial charge in [-0.15, -0.1) is 0 Å². The highest BCUT2D eigenvalue weighted by molar-refractivity contribution is 7.94. The summed E-state index contributed by atoms with van der Waals surface area (Å²) >= 11 is 0. The fourth-order valence-electron chi connectivity index (χ4n) is 1.91. The molecule has 2 rings (SSSR count). The fourth-order valence-corrected chi connectivity index (χ4v) is 3.27. The van der Waals surface area contributed by atoms with E-state index in [1.165, 1.54) is 14.1 Å². The van der Waals surface area contributed by atoms with Gasteiger partial charge in [-0.1, -0.05) is 17.7 Å². The lowest BCUT2D eigenvalue weighted by Gasteiger charge is -2.20. The van der Waals surface area contributed by atoms with Gasteiger partial charge in [0.25, 0.3) is 10.0 Å². The first-order valence-electron chi connectivity index (χ1n) is 6.20. The van der Waals surface area contributed by atoms with E-state index in [1.54, 1.807) is 24.3 Å². The minimum atomic E-state index is -3.98. The smallest absolute Gasteiger partial charge is 0.282 e. The van der Waals surface area contributed by atoms with Gasteiger partial charge in [0.15, 0.2) is 0 Å². The Kier molecular flexibility index (Phi) is 3.82. The highest BCUT2D eigenvalue weighted by Gasteiger charge is 2.46. The molecule has 1 aliphatic heterocycles. The molecular formula is C13H16N3O4S+. The van der Waals surface area contributed by atoms with Gasteiger partial charge >= 0.3 is 11.9 Å². The average molecular weight is 310 g/mol. The van der Waals surface area contributed by atoms with E-state index in [0.717, 1.165) is 21.3 Å². The number of nitrogens with one attached hydrogen (secondary N) is 1. The lowest BCUT2D eigenvalue weighted by atomic mass is 10.2. The molecule has 1 N–H and O–H groups in total. The Balaban J connectivity index is 2.33. The van der Waals surface area contributed by atoms with Crippen LogP contribution in [0.3, 0.4) is 0 Å². The summed E-state index contributed by atoms with van der Waals surface area (Å²) in [7, 11) is -1.32. The molecule has 1 aromatic carbocycles. The predicted molar refractivity (Wildman–Crippen MR) is 77.9 cm³/mol. The first-order valence-corrected chi connectivity index (χ1v) is 7.74. The van der Waals surface area contributed by atoms with Gasteiger partial charge in [-0.3, -0.25) is 4.72 Å². The molecule has 1 aliphatic rings. The molecule has 1 heterocycles. The van der Waals surface area contributed by atoms with Crippen molar-refractivity contribution in [2.45, 2.75) is 12.2 Å². The number of anilines is 1. The zero-order chi connectivity index (χ0) is 15.8. The molecule has 0 fully saturated rings. The van der Waals surface area contributed by atoms with Gasteiger partial charge in [-0.2, -0.15) is 9.69 Å². The van der Waals surface area contributed by atoms with Crippen molar-refractivity contribution in [1.82, 2.24) is 4.90 Å². The second-order valence-electron chi connectivity index (χ2n) is 4.87. The fraction of sp³-hybridized carbons (Fsp3) is 0.308. The molecular weight excluding hydrogens is 294 g/mol. The molecule has 1 atom stereocenters. The molecule has 0 aliphatic carbocycles. The normalized spacial score (nSPS) is 19.5. The molecule has 1 unspecified atom stereocenters. The van der Waals surface area contributed by atoms with Crippen molar-refractivity contribution in [3.63, 3.8) is 0 Å². The average Bonchev–Trinajstić information content (AvgIpc) is 2.42. The number of hydrogen-bond acceptors (Lipinski definition) is 4. The highest BCUT2D eigenvalue weighted by Crippen LogP contribution is 2.15. The number of imide groups is 1. The Bertz CT molecular complexity index is 722. The van der Waals surface area contributed by atoms with Crippen LogP contribution in [0.15, 0.2) is 24.3 Å². The van der Waals surface area contributed by atoms with Gasteiger partial charge in [0.05, 0.1) is 14.1 Å². The van der Waals surface area contributed by atoms with Gasteiger partial charge in [-0.05, 0) is 19.1 Å². The summed E-state index contributed by atoms with van der Waals surface area (Å²) in [5, 5.41) is -1.44. The maximum Gasteiger partial charge on any atom is 0.500 e. The number of carbonyl (C=O) groups excluding carboxylic acids is 2. The van der Waals surface area contributed by atoms with Crippen molar-refractivity contribution in [2.24, 2.45) is 0 Å². The Labute approximate surface area is 122 Å². The number of benzene rings is 1. The first-order chi connectivity index (χ1) is 9.72. The molecule has 0 radical (unpaired) electrons. The summed E-state index contributed by atoms with van der Waals surface area (Å²) in [5.41, 5.74) is 1.35. The van der Waals surface area contributed by atoms with Crippen molar-refractivity contribution in [3.8, 4) is 0 Å². The zero-order valence-corrected chi connectivity index (χ0v) is 12.7. The number of urea groups is 1. The number of carbonyl (C=O) groups is 2. The largest absolute Gasteiger partial charge is 0.500 e. The molecule has 8 heteroatoms. The molecule has 0 aromatic heterocycles. The Morgan fingerprint density at radius 3 is 2.33 bits per heavy atom. The molecule has 0 saturated carbocycles. The zero-order valence-electron chi connectivity index (χ0n) is 11.9. The van der Waals surface area contributed by atoms with E-state index in [4.69, 9.17) is 0 Å². The number of hydrogen-bond donors (Lipinski definition) is 1. The lowest BCUT2D eigenvalue weighted by Crippen LogP contribution is -2.54. The van der Waals surface area contributed by atoms with Crippen LogP contribution in [0, 0.1) is 6.92 Å². The topological polar surface area (TPSA) is 86.6 Å². The lowest BCUT2D eigenvalue weighted by molar-refractivity contribution is -0.399. The third kappa shape index (κ3) is 2.94. The maximum absolute atomic E-state index is 12.3. The summed E-state index contributed by atoms with van der Waals surface area (Å²) < 4.78 is 28.1. The minimum Gasteiger partial charge on any atom is -0.282 e. The summed E-state index contributed by atoms with van der Waals surface area (Å²) in [4.78, 5) is 24.4. The Morgan fingerprint density at radius 1 is 1.19 bits per heavy atom. The van der Waals surface area contributed by atoms with Crippen molar-refractivity contribution < 1.29 is 22.6 Å². The quantitative estimate of drug-likeness (QED) is 0.819. The van der Waals surface area contributed by atoms with E-state index in [0.29, 0.717) is 5.69 Å². The van der Waals surface area contributed by atoms with Gasteiger partial charge in [-0.25, -0.2) is 17.8 Å². The van der Waals surface area contributed by atoms with Crippen LogP contribution in [-0.4, -0.2) is 55.4 Å². The molecule has 1 aromatic rings. The van der Waals surface area contributed by atoms with Crippen molar-refractivity contribution in [1.29, 1.82) is 0 Å². The van der Waals surface area contributed by atoms with Crippen LogP contribution in [0.25, 0.3) is 0 Å². The van der Waals surface area contributed by atoms with E-state index < -0.39 is 27.2 Å². The summed E-state index contributed by atoms with van der Waals surface area (Å²) in [6.07, 6.45) is 1.10. The SMILES string of the molecule is Cc1ccc(NS(=O)(=O)C2C=[N+](C)C(=O)N(C)C2=O)cc1.